The summed E-state index contributed by atoms with van der Waals surface area (Å²) in [6.07, 6.45) is 0. The average molecular weight is 300 g/mol. The summed E-state index contributed by atoms with van der Waals surface area (Å²) in [4.78, 5) is 0. The molecule has 1 nitrogen and oxygen atoms in total. The minimum Gasteiger partial charge on any atom is -0.309 e. The molecule has 22 heavy (non-hydrogen) atoms. The van der Waals surface area contributed by atoms with E-state index in [2.05, 4.69) is 81.5 Å². The highest BCUT2D eigenvalue weighted by molar-refractivity contribution is 5.22. The van der Waals surface area contributed by atoms with Crippen LogP contribution in [0.1, 0.15) is 51.3 Å². The van der Waals surface area contributed by atoms with E-state index in [4.69, 9.17) is 0 Å². The van der Waals surface area contributed by atoms with Crippen molar-refractivity contribution in [1.29, 1.82) is 0 Å². The summed E-state index contributed by atoms with van der Waals surface area (Å²) in [5.74, 6) is 0.833. The second-order valence-corrected chi connectivity index (χ2v) is 5.81. The summed E-state index contributed by atoms with van der Waals surface area (Å²) in [6.45, 7) is 14.5. The monoisotopic (exact) mass is 299 g/mol. The molecule has 2 aromatic carbocycles. The van der Waals surface area contributed by atoms with Crippen molar-refractivity contribution in [2.45, 2.75) is 54.6 Å². The summed E-state index contributed by atoms with van der Waals surface area (Å²) in [7, 11) is 0. The molecule has 2 rings (SSSR count). The third-order valence-corrected chi connectivity index (χ3v) is 2.58. The normalized spacial score (nSPS) is 9.41. The fourth-order valence-electron chi connectivity index (χ4n) is 1.77. The molecule has 0 bridgehead atoms. The van der Waals surface area contributed by atoms with Gasteiger partial charge in [-0.05, 0) is 24.0 Å². The maximum absolute atomic E-state index is 3.45. The molecule has 0 heterocycles. The lowest BCUT2D eigenvalue weighted by atomic mass is 10.1. The minimum atomic E-state index is 0.833. The van der Waals surface area contributed by atoms with E-state index in [1.807, 2.05) is 19.9 Å². The van der Waals surface area contributed by atoms with Gasteiger partial charge in [-0.1, -0.05) is 94.8 Å². The molecule has 0 aliphatic heterocycles. The van der Waals surface area contributed by atoms with Gasteiger partial charge in [-0.15, -0.1) is 0 Å². The van der Waals surface area contributed by atoms with Crippen LogP contribution in [-0.4, -0.2) is 0 Å². The molecule has 1 heteroatoms. The van der Waals surface area contributed by atoms with E-state index in [1.54, 1.807) is 0 Å². The lowest BCUT2D eigenvalue weighted by Gasteiger charge is -2.05. The number of benzene rings is 2. The molecular formula is C21H33N. The van der Waals surface area contributed by atoms with Crippen LogP contribution in [0.15, 0.2) is 54.6 Å². The predicted molar refractivity (Wildman–Crippen MR) is 100 cm³/mol. The van der Waals surface area contributed by atoms with Crippen molar-refractivity contribution < 1.29 is 0 Å². The lowest BCUT2D eigenvalue weighted by molar-refractivity contribution is 0.693. The Kier molecular flexibility index (Phi) is 12.1. The number of hydrogen-bond donors (Lipinski definition) is 1. The third kappa shape index (κ3) is 11.1. The Labute approximate surface area is 137 Å². The molecule has 0 saturated heterocycles. The van der Waals surface area contributed by atoms with Gasteiger partial charge in [0.2, 0.25) is 0 Å². The van der Waals surface area contributed by atoms with Gasteiger partial charge in [0.25, 0.3) is 0 Å². The fourth-order valence-corrected chi connectivity index (χ4v) is 1.77. The summed E-state index contributed by atoms with van der Waals surface area (Å²) < 4.78 is 0. The molecular weight excluding hydrogens is 266 g/mol. The summed E-state index contributed by atoms with van der Waals surface area (Å²) in [5, 5.41) is 3.45. The summed E-state index contributed by atoms with van der Waals surface area (Å²) >= 11 is 0. The van der Waals surface area contributed by atoms with Crippen molar-refractivity contribution in [3.05, 3.63) is 71.3 Å². The zero-order chi connectivity index (χ0) is 16.8. The number of hydrogen-bond acceptors (Lipinski definition) is 1. The molecule has 1 N–H and O–H groups in total. The van der Waals surface area contributed by atoms with Crippen LogP contribution >= 0.6 is 0 Å². The zero-order valence-electron chi connectivity index (χ0n) is 15.2. The lowest BCUT2D eigenvalue weighted by Crippen LogP contribution is -2.12. The smallest absolute Gasteiger partial charge is 0.0208 e. The molecule has 0 fully saturated rings. The summed E-state index contributed by atoms with van der Waals surface area (Å²) in [5.41, 5.74) is 3.99. The molecule has 0 atom stereocenters. The Bertz CT molecular complexity index is 472. The van der Waals surface area contributed by atoms with Crippen molar-refractivity contribution in [2.24, 2.45) is 5.92 Å². The number of nitrogens with one attached hydrogen (secondary N) is 1. The van der Waals surface area contributed by atoms with Gasteiger partial charge in [0.1, 0.15) is 0 Å². The average Bonchev–Trinajstić information content (AvgIpc) is 2.50. The van der Waals surface area contributed by atoms with Crippen molar-refractivity contribution >= 4 is 0 Å². The molecule has 0 unspecified atom stereocenters. The quantitative estimate of drug-likeness (QED) is 0.733. The Balaban J connectivity index is 0.000000640. The van der Waals surface area contributed by atoms with E-state index in [9.17, 15) is 0 Å². The van der Waals surface area contributed by atoms with Gasteiger partial charge in [-0.3, -0.25) is 0 Å². The van der Waals surface area contributed by atoms with Gasteiger partial charge in [-0.2, -0.15) is 0 Å². The topological polar surface area (TPSA) is 12.0 Å². The first-order valence-corrected chi connectivity index (χ1v) is 8.38. The van der Waals surface area contributed by atoms with Crippen molar-refractivity contribution in [1.82, 2.24) is 5.32 Å². The Morgan fingerprint density at radius 3 is 1.82 bits per heavy atom. The van der Waals surface area contributed by atoms with Crippen LogP contribution in [-0.2, 0) is 13.1 Å². The highest BCUT2D eigenvalue weighted by Crippen LogP contribution is 2.04. The molecule has 0 aliphatic rings. The van der Waals surface area contributed by atoms with Gasteiger partial charge in [0.15, 0.2) is 0 Å². The molecule has 0 aromatic heterocycles. The van der Waals surface area contributed by atoms with Crippen LogP contribution in [0.5, 0.6) is 0 Å². The Morgan fingerprint density at radius 2 is 1.27 bits per heavy atom. The van der Waals surface area contributed by atoms with Gasteiger partial charge in [0, 0.05) is 13.1 Å². The van der Waals surface area contributed by atoms with Crippen molar-refractivity contribution in [2.75, 3.05) is 0 Å². The van der Waals surface area contributed by atoms with Crippen LogP contribution in [0.4, 0.5) is 0 Å². The van der Waals surface area contributed by atoms with Crippen LogP contribution in [0.3, 0.4) is 0 Å². The van der Waals surface area contributed by atoms with Crippen molar-refractivity contribution in [3.63, 3.8) is 0 Å². The predicted octanol–water partition coefficient (Wildman–Crippen LogP) is 5.97. The third-order valence-electron chi connectivity index (χ3n) is 2.58. The van der Waals surface area contributed by atoms with Gasteiger partial charge < -0.3 is 5.32 Å². The van der Waals surface area contributed by atoms with Gasteiger partial charge in [-0.25, -0.2) is 0 Å². The van der Waals surface area contributed by atoms with E-state index in [-0.39, 0.29) is 0 Å². The molecule has 0 aliphatic carbocycles. The maximum Gasteiger partial charge on any atom is 0.0208 e. The van der Waals surface area contributed by atoms with Crippen LogP contribution in [0.25, 0.3) is 0 Å². The highest BCUT2D eigenvalue weighted by Gasteiger charge is 1.93. The first kappa shape index (κ1) is 20.4. The van der Waals surface area contributed by atoms with Crippen LogP contribution in [0, 0.1) is 12.8 Å². The number of rotatable bonds is 4. The van der Waals surface area contributed by atoms with E-state index in [1.165, 1.54) is 16.7 Å². The van der Waals surface area contributed by atoms with E-state index in [0.29, 0.717) is 0 Å². The van der Waals surface area contributed by atoms with Crippen LogP contribution < -0.4 is 5.32 Å². The molecule has 0 radical (unpaired) electrons. The molecule has 0 saturated carbocycles. The van der Waals surface area contributed by atoms with Gasteiger partial charge in [0.05, 0.1) is 0 Å². The van der Waals surface area contributed by atoms with Crippen molar-refractivity contribution in [3.8, 4) is 0 Å². The van der Waals surface area contributed by atoms with Gasteiger partial charge >= 0.3 is 0 Å². The molecule has 0 amide bonds. The standard InChI is InChI=1S/C15H17N.C4H10.C2H6/c1-13-6-5-9-15(10-13)12-16-11-14-7-3-2-4-8-14;1-4(2)3;1-2/h2-10,16H,11-12H2,1H3;4H,1-3H3;1-2H3. The van der Waals surface area contributed by atoms with Crippen LogP contribution in [0.2, 0.25) is 0 Å². The SMILES string of the molecule is CC.CC(C)C.Cc1cccc(CNCc2ccccc2)c1. The molecule has 0 spiro atoms. The maximum atomic E-state index is 3.45. The first-order chi connectivity index (χ1) is 10.6. The fraction of sp³-hybridized carbons (Fsp3) is 0.429. The zero-order valence-corrected chi connectivity index (χ0v) is 15.2. The molecule has 2 aromatic rings. The largest absolute Gasteiger partial charge is 0.309 e. The second kappa shape index (κ2) is 13.1. The van der Waals surface area contributed by atoms with E-state index >= 15 is 0 Å². The molecule has 122 valence electrons. The minimum absolute atomic E-state index is 0.833. The number of aryl methyl sites for hydroxylation is 1. The highest BCUT2D eigenvalue weighted by atomic mass is 14.8. The second-order valence-electron chi connectivity index (χ2n) is 5.81. The Hall–Kier alpha value is -1.60. The summed E-state index contributed by atoms with van der Waals surface area (Å²) in [6, 6.07) is 19.1. The Morgan fingerprint density at radius 1 is 0.773 bits per heavy atom. The van der Waals surface area contributed by atoms with E-state index < -0.39 is 0 Å². The first-order valence-electron chi connectivity index (χ1n) is 8.38. The van der Waals surface area contributed by atoms with E-state index in [0.717, 1.165) is 19.0 Å².